The number of ether oxygens (including phenoxy) is 1. The predicted octanol–water partition coefficient (Wildman–Crippen LogP) is 4.35. The maximum absolute atomic E-state index is 13.3. The lowest BCUT2D eigenvalue weighted by atomic mass is 10.1. The maximum Gasteiger partial charge on any atom is 0.266 e. The van der Waals surface area contributed by atoms with Gasteiger partial charge in [0.2, 0.25) is 0 Å². The van der Waals surface area contributed by atoms with Gasteiger partial charge in [-0.2, -0.15) is 9.30 Å². The van der Waals surface area contributed by atoms with Crippen LogP contribution in [0.4, 0.5) is 0 Å². The molecule has 0 saturated carbocycles. The van der Waals surface area contributed by atoms with Crippen molar-refractivity contribution >= 4 is 60.4 Å². The summed E-state index contributed by atoms with van der Waals surface area (Å²) in [5, 5.41) is 0. The Bertz CT molecular complexity index is 1360. The lowest BCUT2D eigenvalue weighted by molar-refractivity contribution is -0.121. The van der Waals surface area contributed by atoms with Crippen LogP contribution in [-0.2, 0) is 26.1 Å². The highest BCUT2D eigenvalue weighted by Crippen LogP contribution is 2.32. The molecule has 1 atom stereocenters. The molecular formula is C22H26ClN3O4S3. The van der Waals surface area contributed by atoms with Gasteiger partial charge in [0.25, 0.3) is 15.9 Å². The van der Waals surface area contributed by atoms with Crippen LogP contribution in [0.5, 0.6) is 0 Å². The number of hydrogen-bond acceptors (Lipinski definition) is 6. The molecule has 2 aromatic heterocycles. The van der Waals surface area contributed by atoms with Crippen molar-refractivity contribution in [2.24, 2.45) is 4.99 Å². The van der Waals surface area contributed by atoms with Crippen molar-refractivity contribution in [3.63, 3.8) is 0 Å². The van der Waals surface area contributed by atoms with Gasteiger partial charge in [-0.15, -0.1) is 11.3 Å². The molecule has 11 heteroatoms. The Balaban J connectivity index is 1.72. The van der Waals surface area contributed by atoms with E-state index in [2.05, 4.69) is 31.0 Å². The summed E-state index contributed by atoms with van der Waals surface area (Å²) in [5.41, 5.74) is 3.32. The van der Waals surface area contributed by atoms with E-state index in [1.165, 1.54) is 27.3 Å². The second kappa shape index (κ2) is 9.97. The number of carbonyl (C=O) groups is 1. The van der Waals surface area contributed by atoms with Gasteiger partial charge in [-0.3, -0.25) is 4.79 Å². The highest BCUT2D eigenvalue weighted by atomic mass is 35.5. The van der Waals surface area contributed by atoms with Crippen molar-refractivity contribution in [2.75, 3.05) is 19.8 Å². The number of aromatic nitrogens is 1. The lowest BCUT2D eigenvalue weighted by Gasteiger charge is -2.20. The van der Waals surface area contributed by atoms with Gasteiger partial charge in [-0.1, -0.05) is 22.9 Å². The van der Waals surface area contributed by atoms with Gasteiger partial charge in [0.1, 0.15) is 10.3 Å². The van der Waals surface area contributed by atoms with E-state index in [0.717, 1.165) is 27.1 Å². The number of benzene rings is 1. The number of fused-ring (bicyclic) bond motifs is 1. The van der Waals surface area contributed by atoms with E-state index < -0.39 is 22.0 Å². The number of nitrogens with zero attached hydrogens (tertiary/aromatic N) is 3. The van der Waals surface area contributed by atoms with Crippen LogP contribution >= 0.6 is 34.3 Å². The summed E-state index contributed by atoms with van der Waals surface area (Å²) in [6.45, 7) is 8.00. The molecule has 0 spiro atoms. The second-order valence-electron chi connectivity index (χ2n) is 7.92. The fourth-order valence-electron chi connectivity index (χ4n) is 3.92. The first kappa shape index (κ1) is 24.6. The van der Waals surface area contributed by atoms with Crippen molar-refractivity contribution in [1.82, 2.24) is 8.87 Å². The van der Waals surface area contributed by atoms with E-state index in [1.807, 2.05) is 11.5 Å². The first-order valence-electron chi connectivity index (χ1n) is 10.8. The fourth-order valence-corrected chi connectivity index (χ4v) is 8.32. The Labute approximate surface area is 206 Å². The fraction of sp³-hybridized carbons (Fsp3) is 0.455. The lowest BCUT2D eigenvalue weighted by Crippen LogP contribution is -2.40. The van der Waals surface area contributed by atoms with Gasteiger partial charge in [-0.25, -0.2) is 8.42 Å². The summed E-state index contributed by atoms with van der Waals surface area (Å²) in [7, 11) is -3.80. The number of aryl methyl sites for hydroxylation is 2. The van der Waals surface area contributed by atoms with E-state index in [-0.39, 0.29) is 4.21 Å². The number of hydrogen-bond donors (Lipinski definition) is 0. The summed E-state index contributed by atoms with van der Waals surface area (Å²) < 4.78 is 36.7. The zero-order valence-electron chi connectivity index (χ0n) is 18.7. The van der Waals surface area contributed by atoms with Gasteiger partial charge in [0.05, 0.1) is 21.2 Å². The molecule has 1 aromatic carbocycles. The molecule has 1 aliphatic heterocycles. The Morgan fingerprint density at radius 1 is 1.24 bits per heavy atom. The van der Waals surface area contributed by atoms with Gasteiger partial charge >= 0.3 is 0 Å². The second-order valence-corrected chi connectivity index (χ2v) is 12.8. The van der Waals surface area contributed by atoms with Crippen molar-refractivity contribution < 1.29 is 17.9 Å². The molecule has 4 rings (SSSR count). The monoisotopic (exact) mass is 527 g/mol. The van der Waals surface area contributed by atoms with Crippen LogP contribution in [0.1, 0.15) is 30.9 Å². The molecule has 1 unspecified atom stereocenters. The Kier molecular flexibility index (Phi) is 7.42. The number of rotatable bonds is 7. The molecule has 0 aliphatic carbocycles. The predicted molar refractivity (Wildman–Crippen MR) is 133 cm³/mol. The molecule has 33 heavy (non-hydrogen) atoms. The molecule has 1 fully saturated rings. The molecule has 1 amide bonds. The molecule has 0 N–H and O–H groups in total. The summed E-state index contributed by atoms with van der Waals surface area (Å²) in [4.78, 5) is 18.3. The van der Waals surface area contributed by atoms with Crippen LogP contribution < -0.4 is 4.80 Å². The summed E-state index contributed by atoms with van der Waals surface area (Å²) in [6, 6.07) is 6.42. The molecule has 3 aromatic rings. The minimum absolute atomic E-state index is 0.145. The van der Waals surface area contributed by atoms with Gasteiger partial charge in [-0.05, 0) is 69.0 Å². The van der Waals surface area contributed by atoms with Gasteiger partial charge in [0, 0.05) is 19.7 Å². The first-order valence-corrected chi connectivity index (χ1v) is 14.2. The van der Waals surface area contributed by atoms with E-state index >= 15 is 0 Å². The molecule has 0 radical (unpaired) electrons. The molecule has 3 heterocycles. The largest absolute Gasteiger partial charge is 0.380 e. The number of amides is 1. The Hall–Kier alpha value is -1.56. The van der Waals surface area contributed by atoms with Crippen molar-refractivity contribution in [3.8, 4) is 0 Å². The summed E-state index contributed by atoms with van der Waals surface area (Å²) in [6.07, 6.45) is 1.06. The number of sulfonamides is 1. The molecular weight excluding hydrogens is 502 g/mol. The van der Waals surface area contributed by atoms with Crippen LogP contribution in [0.3, 0.4) is 0 Å². The number of carbonyl (C=O) groups excluding carboxylic acids is 1. The molecule has 7 nitrogen and oxygen atoms in total. The number of thiazole rings is 1. The van der Waals surface area contributed by atoms with Crippen LogP contribution in [0.15, 0.2) is 33.5 Å². The maximum atomic E-state index is 13.3. The van der Waals surface area contributed by atoms with Crippen molar-refractivity contribution in [1.29, 1.82) is 0 Å². The average molecular weight is 528 g/mol. The average Bonchev–Trinajstić information content (AvgIpc) is 3.49. The van der Waals surface area contributed by atoms with Gasteiger partial charge in [0.15, 0.2) is 4.80 Å². The summed E-state index contributed by atoms with van der Waals surface area (Å²) >= 11 is 8.38. The van der Waals surface area contributed by atoms with Crippen LogP contribution in [0.2, 0.25) is 4.34 Å². The smallest absolute Gasteiger partial charge is 0.266 e. The number of halogens is 1. The highest BCUT2D eigenvalue weighted by Gasteiger charge is 2.40. The number of thiophene rings is 1. The van der Waals surface area contributed by atoms with E-state index in [9.17, 15) is 13.2 Å². The Morgan fingerprint density at radius 2 is 2.00 bits per heavy atom. The minimum atomic E-state index is -3.80. The van der Waals surface area contributed by atoms with E-state index in [4.69, 9.17) is 16.3 Å². The topological polar surface area (TPSA) is 81.0 Å². The zero-order chi connectivity index (χ0) is 23.8. The Morgan fingerprint density at radius 3 is 2.70 bits per heavy atom. The van der Waals surface area contributed by atoms with Crippen molar-refractivity contribution in [2.45, 2.75) is 50.4 Å². The molecule has 1 saturated heterocycles. The zero-order valence-corrected chi connectivity index (χ0v) is 21.9. The van der Waals surface area contributed by atoms with Crippen LogP contribution in [0.25, 0.3) is 10.2 Å². The SMILES string of the molecule is CCOCCn1c(=NC(=O)C2CCCN2S(=O)(=O)c2ccc(Cl)s2)sc2cc(C)c(C)cc21. The normalized spacial score (nSPS) is 17.9. The third kappa shape index (κ3) is 4.96. The molecule has 1 aliphatic rings. The third-order valence-corrected chi connectivity index (χ3v) is 10.4. The van der Waals surface area contributed by atoms with Crippen molar-refractivity contribution in [3.05, 3.63) is 44.5 Å². The highest BCUT2D eigenvalue weighted by molar-refractivity contribution is 7.91. The first-order chi connectivity index (χ1) is 15.7. The van der Waals surface area contributed by atoms with Crippen LogP contribution in [-0.4, -0.2) is 49.0 Å². The summed E-state index contributed by atoms with van der Waals surface area (Å²) in [5.74, 6) is -0.441. The van der Waals surface area contributed by atoms with E-state index in [1.54, 1.807) is 6.07 Å². The molecule has 178 valence electrons. The standard InChI is InChI=1S/C22H26ClN3O4S3/c1-4-30-11-10-25-17-12-14(2)15(3)13-18(17)31-22(25)24-21(27)16-6-5-9-26(16)33(28,29)20-8-7-19(23)32-20/h7-8,12-13,16H,4-6,9-11H2,1-3H3. The quantitative estimate of drug-likeness (QED) is 0.428. The third-order valence-electron chi connectivity index (χ3n) is 5.77. The minimum Gasteiger partial charge on any atom is -0.380 e. The van der Waals surface area contributed by atoms with E-state index in [0.29, 0.717) is 48.3 Å². The van der Waals surface area contributed by atoms with Gasteiger partial charge < -0.3 is 9.30 Å². The molecule has 0 bridgehead atoms. The van der Waals surface area contributed by atoms with Crippen LogP contribution in [0, 0.1) is 13.8 Å².